The second kappa shape index (κ2) is 4.11. The first-order chi connectivity index (χ1) is 5.79. The second-order valence-electron chi connectivity index (χ2n) is 2.33. The lowest BCUT2D eigenvalue weighted by atomic mass is 10.2. The molecule has 3 N–H and O–H groups in total. The van der Waals surface area contributed by atoms with E-state index in [0.29, 0.717) is 0 Å². The summed E-state index contributed by atoms with van der Waals surface area (Å²) >= 11 is 0. The Hall–Kier alpha value is -1.27. The SMILES string of the molecule is CC[C@@H](NC(=O)C(F)(F)F)C(N)=O. The van der Waals surface area contributed by atoms with Crippen LogP contribution in [0.5, 0.6) is 0 Å². The van der Waals surface area contributed by atoms with Gasteiger partial charge in [0.25, 0.3) is 0 Å². The summed E-state index contributed by atoms with van der Waals surface area (Å²) in [6, 6.07) is -1.27. The third-order valence-corrected chi connectivity index (χ3v) is 1.31. The number of nitrogens with one attached hydrogen (secondary N) is 1. The number of alkyl halides is 3. The lowest BCUT2D eigenvalue weighted by molar-refractivity contribution is -0.174. The van der Waals surface area contributed by atoms with Gasteiger partial charge in [0.2, 0.25) is 5.91 Å². The minimum atomic E-state index is -4.98. The maximum Gasteiger partial charge on any atom is 0.471 e. The van der Waals surface area contributed by atoms with Gasteiger partial charge in [0, 0.05) is 0 Å². The molecule has 0 unspecified atom stereocenters. The van der Waals surface area contributed by atoms with Gasteiger partial charge in [0.1, 0.15) is 6.04 Å². The van der Waals surface area contributed by atoms with Crippen molar-refractivity contribution in [2.45, 2.75) is 25.6 Å². The Morgan fingerprint density at radius 1 is 1.46 bits per heavy atom. The molecule has 1 atom stereocenters. The zero-order valence-electron chi connectivity index (χ0n) is 6.81. The molecular formula is C6H9F3N2O2. The molecule has 0 saturated carbocycles. The van der Waals surface area contributed by atoms with Gasteiger partial charge in [0.15, 0.2) is 0 Å². The van der Waals surface area contributed by atoms with E-state index in [4.69, 9.17) is 5.73 Å². The van der Waals surface area contributed by atoms with Gasteiger partial charge in [0.05, 0.1) is 0 Å². The first-order valence-corrected chi connectivity index (χ1v) is 3.46. The number of rotatable bonds is 3. The van der Waals surface area contributed by atoms with Crippen LogP contribution in [0.1, 0.15) is 13.3 Å². The number of halogens is 3. The van der Waals surface area contributed by atoms with Gasteiger partial charge in [-0.15, -0.1) is 0 Å². The molecule has 2 amide bonds. The number of hydrogen-bond donors (Lipinski definition) is 2. The second-order valence-corrected chi connectivity index (χ2v) is 2.33. The van der Waals surface area contributed by atoms with Gasteiger partial charge in [-0.25, -0.2) is 0 Å². The predicted molar refractivity (Wildman–Crippen MR) is 37.5 cm³/mol. The Bertz CT molecular complexity index is 214. The summed E-state index contributed by atoms with van der Waals surface area (Å²) in [5, 5.41) is 1.47. The van der Waals surface area contributed by atoms with Gasteiger partial charge in [-0.1, -0.05) is 6.92 Å². The first-order valence-electron chi connectivity index (χ1n) is 3.46. The Labute approximate surface area is 72.3 Å². The van der Waals surface area contributed by atoms with Crippen LogP contribution < -0.4 is 11.1 Å². The summed E-state index contributed by atoms with van der Waals surface area (Å²) < 4.78 is 34.9. The summed E-state index contributed by atoms with van der Waals surface area (Å²) in [6.07, 6.45) is -4.96. The van der Waals surface area contributed by atoms with Crippen molar-refractivity contribution in [3.63, 3.8) is 0 Å². The predicted octanol–water partition coefficient (Wildman–Crippen LogP) is -0.0712. The van der Waals surface area contributed by atoms with Crippen molar-refractivity contribution in [1.29, 1.82) is 0 Å². The van der Waals surface area contributed by atoms with E-state index in [1.54, 1.807) is 0 Å². The Kier molecular flexibility index (Phi) is 3.70. The molecule has 0 saturated heterocycles. The molecule has 0 spiro atoms. The molecule has 4 nitrogen and oxygen atoms in total. The van der Waals surface area contributed by atoms with Crippen LogP contribution in [0.3, 0.4) is 0 Å². The molecule has 0 radical (unpaired) electrons. The molecule has 0 heterocycles. The Morgan fingerprint density at radius 2 is 1.92 bits per heavy atom. The summed E-state index contributed by atoms with van der Waals surface area (Å²) in [7, 11) is 0. The number of hydrogen-bond acceptors (Lipinski definition) is 2. The van der Waals surface area contributed by atoms with Gasteiger partial charge >= 0.3 is 12.1 Å². The molecule has 76 valence electrons. The monoisotopic (exact) mass is 198 g/mol. The van der Waals surface area contributed by atoms with Gasteiger partial charge in [-0.05, 0) is 6.42 Å². The topological polar surface area (TPSA) is 72.2 Å². The largest absolute Gasteiger partial charge is 0.471 e. The number of nitrogens with two attached hydrogens (primary N) is 1. The fraction of sp³-hybridized carbons (Fsp3) is 0.667. The highest BCUT2D eigenvalue weighted by molar-refractivity contribution is 5.88. The zero-order valence-corrected chi connectivity index (χ0v) is 6.81. The van der Waals surface area contributed by atoms with E-state index < -0.39 is 24.0 Å². The normalized spacial score (nSPS) is 13.5. The van der Waals surface area contributed by atoms with Crippen molar-refractivity contribution in [1.82, 2.24) is 5.32 Å². The van der Waals surface area contributed by atoms with Crippen LogP contribution in [-0.4, -0.2) is 24.0 Å². The fourth-order valence-corrected chi connectivity index (χ4v) is 0.614. The van der Waals surface area contributed by atoms with E-state index in [1.165, 1.54) is 12.2 Å². The van der Waals surface area contributed by atoms with Crippen LogP contribution in [-0.2, 0) is 9.59 Å². The van der Waals surface area contributed by atoms with Crippen LogP contribution >= 0.6 is 0 Å². The standard InChI is InChI=1S/C6H9F3N2O2/c1-2-3(4(10)12)11-5(13)6(7,8)9/h3H,2H2,1H3,(H2,10,12)(H,11,13)/t3-/m1/s1. The van der Waals surface area contributed by atoms with Crippen molar-refractivity contribution < 1.29 is 22.8 Å². The molecule has 0 aromatic carbocycles. The smallest absolute Gasteiger partial charge is 0.368 e. The summed E-state index contributed by atoms with van der Waals surface area (Å²) in [4.78, 5) is 20.7. The molecule has 0 bridgehead atoms. The number of amides is 2. The number of carbonyl (C=O) groups excluding carboxylic acids is 2. The van der Waals surface area contributed by atoms with Crippen LogP contribution in [0.2, 0.25) is 0 Å². The van der Waals surface area contributed by atoms with Crippen molar-refractivity contribution >= 4 is 11.8 Å². The van der Waals surface area contributed by atoms with Crippen LogP contribution in [0.25, 0.3) is 0 Å². The lowest BCUT2D eigenvalue weighted by Gasteiger charge is -2.14. The average Bonchev–Trinajstić information content (AvgIpc) is 1.96. The molecule has 7 heteroatoms. The van der Waals surface area contributed by atoms with Crippen molar-refractivity contribution in [2.75, 3.05) is 0 Å². The maximum absolute atomic E-state index is 11.6. The van der Waals surface area contributed by atoms with Gasteiger partial charge in [-0.3, -0.25) is 9.59 Å². The fourth-order valence-electron chi connectivity index (χ4n) is 0.614. The molecule has 0 rings (SSSR count). The van der Waals surface area contributed by atoms with E-state index in [-0.39, 0.29) is 6.42 Å². The summed E-state index contributed by atoms with van der Waals surface area (Å²) in [6.45, 7) is 1.44. The van der Waals surface area contributed by atoms with Gasteiger partial charge < -0.3 is 11.1 Å². The molecule has 0 aliphatic rings. The van der Waals surface area contributed by atoms with Crippen LogP contribution in [0, 0.1) is 0 Å². The summed E-state index contributed by atoms with van der Waals surface area (Å²) in [5.74, 6) is -3.14. The van der Waals surface area contributed by atoms with Crippen molar-refractivity contribution in [3.8, 4) is 0 Å². The molecule has 13 heavy (non-hydrogen) atoms. The highest BCUT2D eigenvalue weighted by Crippen LogP contribution is 2.14. The third-order valence-electron chi connectivity index (χ3n) is 1.31. The highest BCUT2D eigenvalue weighted by Gasteiger charge is 2.40. The van der Waals surface area contributed by atoms with Gasteiger partial charge in [-0.2, -0.15) is 13.2 Å². The number of carbonyl (C=O) groups is 2. The Balaban J connectivity index is 4.26. The molecule has 0 aromatic heterocycles. The molecular weight excluding hydrogens is 189 g/mol. The minimum Gasteiger partial charge on any atom is -0.368 e. The maximum atomic E-state index is 11.6. The van der Waals surface area contributed by atoms with Crippen LogP contribution in [0.15, 0.2) is 0 Å². The van der Waals surface area contributed by atoms with E-state index in [0.717, 1.165) is 0 Å². The molecule has 0 aliphatic heterocycles. The van der Waals surface area contributed by atoms with Crippen molar-refractivity contribution in [2.24, 2.45) is 5.73 Å². The minimum absolute atomic E-state index is 0.0250. The summed E-state index contributed by atoms with van der Waals surface area (Å²) in [5.41, 5.74) is 4.72. The van der Waals surface area contributed by atoms with Crippen LogP contribution in [0.4, 0.5) is 13.2 Å². The van der Waals surface area contributed by atoms with Crippen molar-refractivity contribution in [3.05, 3.63) is 0 Å². The Morgan fingerprint density at radius 3 is 2.15 bits per heavy atom. The van der Waals surface area contributed by atoms with E-state index >= 15 is 0 Å². The molecule has 0 fully saturated rings. The van der Waals surface area contributed by atoms with E-state index in [9.17, 15) is 22.8 Å². The highest BCUT2D eigenvalue weighted by atomic mass is 19.4. The molecule has 0 aliphatic carbocycles. The van der Waals surface area contributed by atoms with E-state index in [2.05, 4.69) is 0 Å². The van der Waals surface area contributed by atoms with E-state index in [1.807, 2.05) is 0 Å². The molecule has 0 aromatic rings. The number of primary amides is 1. The average molecular weight is 198 g/mol. The lowest BCUT2D eigenvalue weighted by Crippen LogP contribution is -2.48. The zero-order chi connectivity index (χ0) is 10.6. The third kappa shape index (κ3) is 3.77. The quantitative estimate of drug-likeness (QED) is 0.666. The first kappa shape index (κ1) is 11.7.